The number of esters is 1. The Morgan fingerprint density at radius 3 is 2.52 bits per heavy atom. The predicted molar refractivity (Wildman–Crippen MR) is 100 cm³/mol. The first kappa shape index (κ1) is 18.7. The van der Waals surface area contributed by atoms with Crippen LogP contribution in [-0.4, -0.2) is 24.0 Å². The molecule has 0 saturated carbocycles. The third-order valence-electron chi connectivity index (χ3n) is 3.79. The first-order valence-electron chi connectivity index (χ1n) is 8.11. The number of anilines is 1. The van der Waals surface area contributed by atoms with Gasteiger partial charge in [-0.05, 0) is 50.2 Å². The van der Waals surface area contributed by atoms with E-state index in [2.05, 4.69) is 15.0 Å². The van der Waals surface area contributed by atoms with Gasteiger partial charge in [0.2, 0.25) is 0 Å². The van der Waals surface area contributed by atoms with Crippen LogP contribution in [0.4, 0.5) is 5.13 Å². The Hall–Kier alpha value is -3.13. The van der Waals surface area contributed by atoms with Gasteiger partial charge in [0.05, 0.1) is 18.4 Å². The summed E-state index contributed by atoms with van der Waals surface area (Å²) < 4.78 is 15.8. The number of ether oxygens (including phenoxy) is 2. The first-order valence-corrected chi connectivity index (χ1v) is 8.93. The van der Waals surface area contributed by atoms with Gasteiger partial charge in [-0.3, -0.25) is 10.1 Å². The van der Waals surface area contributed by atoms with Crippen LogP contribution < -0.4 is 10.1 Å². The SMILES string of the molecule is COC(=O)c1ccc(OCc2ccc(C(=O)Nc3nc(C)c(C)s3)o2)cc1. The second-order valence-electron chi connectivity index (χ2n) is 5.69. The molecule has 3 rings (SSSR count). The molecule has 1 amide bonds. The lowest BCUT2D eigenvalue weighted by Crippen LogP contribution is -2.10. The summed E-state index contributed by atoms with van der Waals surface area (Å²) in [5.74, 6) is 0.480. The van der Waals surface area contributed by atoms with Crippen LogP contribution in [0.3, 0.4) is 0 Å². The highest BCUT2D eigenvalue weighted by Crippen LogP contribution is 2.22. The third-order valence-corrected chi connectivity index (χ3v) is 4.78. The highest BCUT2D eigenvalue weighted by Gasteiger charge is 2.14. The van der Waals surface area contributed by atoms with E-state index >= 15 is 0 Å². The molecule has 0 aliphatic carbocycles. The van der Waals surface area contributed by atoms with Crippen molar-refractivity contribution >= 4 is 28.3 Å². The van der Waals surface area contributed by atoms with Gasteiger partial charge in [-0.25, -0.2) is 9.78 Å². The predicted octanol–water partition coefficient (Wildman–Crippen LogP) is 3.97. The number of nitrogens with zero attached hydrogens (tertiary/aromatic N) is 1. The Kier molecular flexibility index (Phi) is 5.56. The van der Waals surface area contributed by atoms with Crippen LogP contribution in [0.5, 0.6) is 5.75 Å². The molecule has 2 heterocycles. The molecule has 1 N–H and O–H groups in total. The van der Waals surface area contributed by atoms with Crippen molar-refractivity contribution in [2.75, 3.05) is 12.4 Å². The van der Waals surface area contributed by atoms with Crippen molar-refractivity contribution in [2.45, 2.75) is 20.5 Å². The van der Waals surface area contributed by atoms with Gasteiger partial charge in [0.1, 0.15) is 18.1 Å². The fraction of sp³-hybridized carbons (Fsp3) is 0.211. The number of rotatable bonds is 6. The quantitative estimate of drug-likeness (QED) is 0.645. The summed E-state index contributed by atoms with van der Waals surface area (Å²) in [4.78, 5) is 29.0. The Labute approximate surface area is 159 Å². The summed E-state index contributed by atoms with van der Waals surface area (Å²) in [5, 5.41) is 3.26. The molecule has 0 aliphatic rings. The number of aromatic nitrogens is 1. The van der Waals surface area contributed by atoms with Crippen molar-refractivity contribution in [3.05, 3.63) is 64.1 Å². The second kappa shape index (κ2) is 8.05. The standard InChI is InChI=1S/C19H18N2O5S/c1-11-12(2)27-19(20-11)21-17(22)16-9-8-15(26-16)10-25-14-6-4-13(5-7-14)18(23)24-3/h4-9H,10H2,1-3H3,(H,20,21,22). The van der Waals surface area contributed by atoms with Gasteiger partial charge in [0, 0.05) is 4.88 Å². The average molecular weight is 386 g/mol. The van der Waals surface area contributed by atoms with Gasteiger partial charge < -0.3 is 13.9 Å². The number of thiazole rings is 1. The van der Waals surface area contributed by atoms with Crippen molar-refractivity contribution < 1.29 is 23.5 Å². The van der Waals surface area contributed by atoms with Crippen molar-refractivity contribution in [2.24, 2.45) is 0 Å². The molecule has 0 radical (unpaired) electrons. The molecular weight excluding hydrogens is 368 g/mol. The fourth-order valence-corrected chi connectivity index (χ4v) is 3.03. The summed E-state index contributed by atoms with van der Waals surface area (Å²) in [7, 11) is 1.33. The minimum absolute atomic E-state index is 0.153. The number of carbonyl (C=O) groups excluding carboxylic acids is 2. The Morgan fingerprint density at radius 2 is 1.89 bits per heavy atom. The van der Waals surface area contributed by atoms with E-state index < -0.39 is 5.97 Å². The van der Waals surface area contributed by atoms with Crippen LogP contribution in [0.15, 0.2) is 40.8 Å². The second-order valence-corrected chi connectivity index (χ2v) is 6.89. The summed E-state index contributed by atoms with van der Waals surface area (Å²) in [5.41, 5.74) is 1.33. The van der Waals surface area contributed by atoms with Gasteiger partial charge in [-0.15, -0.1) is 11.3 Å². The van der Waals surface area contributed by atoms with Crippen LogP contribution in [0.1, 0.15) is 37.2 Å². The molecule has 0 fully saturated rings. The van der Waals surface area contributed by atoms with Crippen LogP contribution in [-0.2, 0) is 11.3 Å². The van der Waals surface area contributed by atoms with E-state index in [0.29, 0.717) is 22.2 Å². The van der Waals surface area contributed by atoms with Crippen molar-refractivity contribution in [3.63, 3.8) is 0 Å². The maximum atomic E-state index is 12.2. The van der Waals surface area contributed by atoms with Crippen molar-refractivity contribution in [1.82, 2.24) is 4.98 Å². The van der Waals surface area contributed by atoms with Crippen LogP contribution in [0.2, 0.25) is 0 Å². The normalized spacial score (nSPS) is 10.5. The number of aryl methyl sites for hydroxylation is 2. The monoisotopic (exact) mass is 386 g/mol. The smallest absolute Gasteiger partial charge is 0.337 e. The molecule has 1 aromatic carbocycles. The van der Waals surface area contributed by atoms with E-state index in [9.17, 15) is 9.59 Å². The van der Waals surface area contributed by atoms with Gasteiger partial charge in [-0.2, -0.15) is 0 Å². The molecular formula is C19H18N2O5S. The highest BCUT2D eigenvalue weighted by molar-refractivity contribution is 7.15. The lowest BCUT2D eigenvalue weighted by atomic mass is 10.2. The molecule has 0 bridgehead atoms. The summed E-state index contributed by atoms with van der Waals surface area (Å²) >= 11 is 1.41. The average Bonchev–Trinajstić information content (AvgIpc) is 3.26. The van der Waals surface area contributed by atoms with Gasteiger partial charge in [0.25, 0.3) is 5.91 Å². The molecule has 7 nitrogen and oxygen atoms in total. The molecule has 0 atom stereocenters. The minimum atomic E-state index is -0.408. The largest absolute Gasteiger partial charge is 0.486 e. The van der Waals surface area contributed by atoms with E-state index in [0.717, 1.165) is 10.6 Å². The van der Waals surface area contributed by atoms with E-state index in [1.807, 2.05) is 13.8 Å². The van der Waals surface area contributed by atoms with E-state index in [1.54, 1.807) is 36.4 Å². The maximum absolute atomic E-state index is 12.2. The zero-order valence-electron chi connectivity index (χ0n) is 15.1. The third kappa shape index (κ3) is 4.53. The van der Waals surface area contributed by atoms with Crippen molar-refractivity contribution in [3.8, 4) is 5.75 Å². The van der Waals surface area contributed by atoms with Crippen molar-refractivity contribution in [1.29, 1.82) is 0 Å². The lowest BCUT2D eigenvalue weighted by Gasteiger charge is -2.05. The zero-order valence-corrected chi connectivity index (χ0v) is 15.9. The molecule has 2 aromatic heterocycles. The Bertz CT molecular complexity index is 939. The number of benzene rings is 1. The van der Waals surface area contributed by atoms with Crippen LogP contribution >= 0.6 is 11.3 Å². The summed E-state index contributed by atoms with van der Waals surface area (Å²) in [6.45, 7) is 3.99. The molecule has 8 heteroatoms. The number of nitrogens with one attached hydrogen (secondary N) is 1. The molecule has 3 aromatic rings. The number of hydrogen-bond acceptors (Lipinski definition) is 7. The Morgan fingerprint density at radius 1 is 1.15 bits per heavy atom. The van der Waals surface area contributed by atoms with E-state index in [1.165, 1.54) is 18.4 Å². The van der Waals surface area contributed by atoms with E-state index in [-0.39, 0.29) is 18.3 Å². The minimum Gasteiger partial charge on any atom is -0.486 e. The molecule has 0 unspecified atom stereocenters. The summed E-state index contributed by atoms with van der Waals surface area (Å²) in [6.07, 6.45) is 0. The summed E-state index contributed by atoms with van der Waals surface area (Å²) in [6, 6.07) is 9.81. The number of methoxy groups -OCH3 is 1. The lowest BCUT2D eigenvalue weighted by molar-refractivity contribution is 0.0600. The molecule has 140 valence electrons. The zero-order chi connectivity index (χ0) is 19.4. The van der Waals surface area contributed by atoms with Gasteiger partial charge in [0.15, 0.2) is 10.9 Å². The topological polar surface area (TPSA) is 90.7 Å². The highest BCUT2D eigenvalue weighted by atomic mass is 32.1. The number of hydrogen-bond donors (Lipinski definition) is 1. The molecule has 27 heavy (non-hydrogen) atoms. The van der Waals surface area contributed by atoms with Crippen LogP contribution in [0, 0.1) is 13.8 Å². The Balaban J connectivity index is 1.57. The number of carbonyl (C=O) groups is 2. The van der Waals surface area contributed by atoms with Crippen LogP contribution in [0.25, 0.3) is 0 Å². The molecule has 0 spiro atoms. The number of amides is 1. The first-order chi connectivity index (χ1) is 13.0. The number of furan rings is 1. The fourth-order valence-electron chi connectivity index (χ4n) is 2.22. The molecule has 0 saturated heterocycles. The van der Waals surface area contributed by atoms with Gasteiger partial charge in [-0.1, -0.05) is 0 Å². The van der Waals surface area contributed by atoms with Gasteiger partial charge >= 0.3 is 5.97 Å². The maximum Gasteiger partial charge on any atom is 0.337 e. The molecule has 0 aliphatic heterocycles. The van der Waals surface area contributed by atoms with E-state index in [4.69, 9.17) is 9.15 Å².